The number of piperidine rings is 1. The number of nitrogens with one attached hydrogen (secondary N) is 1. The number of primary amides is 1. The number of fused-ring (bicyclic) bond motifs is 1. The fourth-order valence-electron chi connectivity index (χ4n) is 4.38. The fraction of sp³-hybridized carbons (Fsp3) is 0.929. The molecule has 0 bridgehead atoms. The Balaban J connectivity index is 1.65. The molecule has 4 atom stereocenters. The maximum absolute atomic E-state index is 11.8. The van der Waals surface area contributed by atoms with Gasteiger partial charge >= 0.3 is 0 Å². The summed E-state index contributed by atoms with van der Waals surface area (Å²) in [5.41, 5.74) is 5.65. The summed E-state index contributed by atoms with van der Waals surface area (Å²) in [6, 6.07) is 0.0272. The van der Waals surface area contributed by atoms with E-state index in [1.165, 1.54) is 32.1 Å². The van der Waals surface area contributed by atoms with E-state index in [1.807, 2.05) is 0 Å². The van der Waals surface area contributed by atoms with Crippen molar-refractivity contribution >= 4 is 5.91 Å². The largest absolute Gasteiger partial charge is 0.368 e. The van der Waals surface area contributed by atoms with Crippen LogP contribution in [0.3, 0.4) is 0 Å². The first-order chi connectivity index (χ1) is 8.75. The summed E-state index contributed by atoms with van der Waals surface area (Å²) in [6.45, 7) is 4.43. The number of likely N-dealkylation sites (tertiary alicyclic amines) is 1. The minimum Gasteiger partial charge on any atom is -0.368 e. The van der Waals surface area contributed by atoms with Crippen molar-refractivity contribution in [3.63, 3.8) is 0 Å². The van der Waals surface area contributed by atoms with Crippen molar-refractivity contribution in [3.05, 3.63) is 0 Å². The molecule has 4 nitrogen and oxygen atoms in total. The molecule has 1 aliphatic carbocycles. The molecule has 3 fully saturated rings. The highest BCUT2D eigenvalue weighted by molar-refractivity contribution is 5.80. The van der Waals surface area contributed by atoms with E-state index >= 15 is 0 Å². The highest BCUT2D eigenvalue weighted by Crippen LogP contribution is 2.42. The van der Waals surface area contributed by atoms with Gasteiger partial charge in [0.1, 0.15) is 0 Å². The van der Waals surface area contributed by atoms with E-state index in [1.54, 1.807) is 0 Å². The van der Waals surface area contributed by atoms with Crippen molar-refractivity contribution in [3.8, 4) is 0 Å². The summed E-state index contributed by atoms with van der Waals surface area (Å²) in [6.07, 6.45) is 6.36. The van der Waals surface area contributed by atoms with Gasteiger partial charge in [-0.25, -0.2) is 0 Å². The quantitative estimate of drug-likeness (QED) is 0.771. The molecule has 2 aliphatic heterocycles. The summed E-state index contributed by atoms with van der Waals surface area (Å²) in [5, 5.41) is 3.46. The number of carbonyl (C=O) groups is 1. The minimum absolute atomic E-state index is 0.0272. The monoisotopic (exact) mass is 251 g/mol. The Morgan fingerprint density at radius 1 is 1.28 bits per heavy atom. The van der Waals surface area contributed by atoms with Gasteiger partial charge in [-0.3, -0.25) is 9.69 Å². The first kappa shape index (κ1) is 12.4. The lowest BCUT2D eigenvalue weighted by atomic mass is 9.93. The van der Waals surface area contributed by atoms with E-state index in [2.05, 4.69) is 10.2 Å². The Bertz CT molecular complexity index is 314. The highest BCUT2D eigenvalue weighted by atomic mass is 16.1. The zero-order chi connectivity index (χ0) is 12.5. The van der Waals surface area contributed by atoms with Gasteiger partial charge in [0.2, 0.25) is 5.91 Å². The molecular weight excluding hydrogens is 226 g/mol. The Labute approximate surface area is 109 Å². The van der Waals surface area contributed by atoms with E-state index in [9.17, 15) is 4.79 Å². The number of nitrogens with zero attached hydrogens (tertiary/aromatic N) is 1. The van der Waals surface area contributed by atoms with Crippen LogP contribution < -0.4 is 11.1 Å². The maximum Gasteiger partial charge on any atom is 0.235 e. The summed E-state index contributed by atoms with van der Waals surface area (Å²) in [7, 11) is 0. The summed E-state index contributed by atoms with van der Waals surface area (Å²) in [4.78, 5) is 14.2. The van der Waals surface area contributed by atoms with Crippen LogP contribution >= 0.6 is 0 Å². The molecular formula is C14H25N3O. The third-order valence-electron chi connectivity index (χ3n) is 5.17. The summed E-state index contributed by atoms with van der Waals surface area (Å²) >= 11 is 0. The third-order valence-corrected chi connectivity index (χ3v) is 5.17. The van der Waals surface area contributed by atoms with Crippen LogP contribution in [-0.4, -0.2) is 43.0 Å². The highest BCUT2D eigenvalue weighted by Gasteiger charge is 2.46. The lowest BCUT2D eigenvalue weighted by molar-refractivity contribution is -0.123. The molecule has 102 valence electrons. The molecule has 0 radical (unpaired) electrons. The van der Waals surface area contributed by atoms with Crippen LogP contribution in [0.4, 0.5) is 0 Å². The second-order valence-electron chi connectivity index (χ2n) is 6.37. The average Bonchev–Trinajstić information content (AvgIpc) is 2.89. The normalized spacial score (nSPS) is 40.9. The SMILES string of the molecule is NC(=O)C1C2CCCC2CN1CC1CCCNC1. The average molecular weight is 251 g/mol. The van der Waals surface area contributed by atoms with Gasteiger partial charge in [0.15, 0.2) is 0 Å². The van der Waals surface area contributed by atoms with Crippen LogP contribution in [0.2, 0.25) is 0 Å². The van der Waals surface area contributed by atoms with Gasteiger partial charge in [-0.1, -0.05) is 6.42 Å². The Hall–Kier alpha value is -0.610. The van der Waals surface area contributed by atoms with Gasteiger partial charge in [-0.05, 0) is 56.5 Å². The van der Waals surface area contributed by atoms with E-state index < -0.39 is 0 Å². The number of hydrogen-bond donors (Lipinski definition) is 2. The fourth-order valence-corrected chi connectivity index (χ4v) is 4.38. The molecule has 4 unspecified atom stereocenters. The molecule has 0 aromatic heterocycles. The topological polar surface area (TPSA) is 58.4 Å². The zero-order valence-corrected chi connectivity index (χ0v) is 11.1. The third kappa shape index (κ3) is 2.28. The summed E-state index contributed by atoms with van der Waals surface area (Å²) < 4.78 is 0. The van der Waals surface area contributed by atoms with E-state index in [0.717, 1.165) is 32.1 Å². The lowest BCUT2D eigenvalue weighted by Gasteiger charge is -2.31. The molecule has 1 saturated carbocycles. The molecule has 0 aromatic carbocycles. The van der Waals surface area contributed by atoms with Crippen molar-refractivity contribution in [2.45, 2.75) is 38.1 Å². The Morgan fingerprint density at radius 3 is 2.89 bits per heavy atom. The number of rotatable bonds is 3. The molecule has 0 aromatic rings. The zero-order valence-electron chi connectivity index (χ0n) is 11.1. The van der Waals surface area contributed by atoms with Crippen LogP contribution in [0.5, 0.6) is 0 Å². The van der Waals surface area contributed by atoms with Crippen molar-refractivity contribution in [2.24, 2.45) is 23.5 Å². The molecule has 3 N–H and O–H groups in total. The van der Waals surface area contributed by atoms with Gasteiger partial charge in [0, 0.05) is 13.1 Å². The molecule has 3 aliphatic rings. The molecule has 18 heavy (non-hydrogen) atoms. The van der Waals surface area contributed by atoms with Gasteiger partial charge in [-0.15, -0.1) is 0 Å². The van der Waals surface area contributed by atoms with E-state index in [-0.39, 0.29) is 11.9 Å². The van der Waals surface area contributed by atoms with Crippen molar-refractivity contribution in [1.29, 1.82) is 0 Å². The van der Waals surface area contributed by atoms with Crippen molar-refractivity contribution in [2.75, 3.05) is 26.2 Å². The van der Waals surface area contributed by atoms with Gasteiger partial charge in [0.25, 0.3) is 0 Å². The standard InChI is InChI=1S/C14H25N3O/c15-14(18)13-12-5-1-4-11(12)9-17(13)8-10-3-2-6-16-7-10/h10-13,16H,1-9H2,(H2,15,18). The van der Waals surface area contributed by atoms with E-state index in [4.69, 9.17) is 5.73 Å². The molecule has 3 rings (SSSR count). The van der Waals surface area contributed by atoms with Crippen LogP contribution in [0, 0.1) is 17.8 Å². The number of carbonyl (C=O) groups excluding carboxylic acids is 1. The molecule has 2 saturated heterocycles. The molecule has 2 heterocycles. The van der Waals surface area contributed by atoms with Crippen LogP contribution in [0.1, 0.15) is 32.1 Å². The predicted octanol–water partition coefficient (Wildman–Crippen LogP) is 0.572. The second kappa shape index (κ2) is 5.17. The first-order valence-electron chi connectivity index (χ1n) is 7.50. The Morgan fingerprint density at radius 2 is 2.17 bits per heavy atom. The summed E-state index contributed by atoms with van der Waals surface area (Å²) in [5.74, 6) is 1.91. The van der Waals surface area contributed by atoms with Gasteiger partial charge < -0.3 is 11.1 Å². The van der Waals surface area contributed by atoms with Gasteiger partial charge in [-0.2, -0.15) is 0 Å². The minimum atomic E-state index is -0.0897. The van der Waals surface area contributed by atoms with Crippen LogP contribution in [-0.2, 0) is 4.79 Å². The first-order valence-corrected chi connectivity index (χ1v) is 7.50. The second-order valence-corrected chi connectivity index (χ2v) is 6.37. The number of hydrogen-bond acceptors (Lipinski definition) is 3. The number of nitrogens with two attached hydrogens (primary N) is 1. The smallest absolute Gasteiger partial charge is 0.235 e. The van der Waals surface area contributed by atoms with Crippen molar-refractivity contribution in [1.82, 2.24) is 10.2 Å². The van der Waals surface area contributed by atoms with Gasteiger partial charge in [0.05, 0.1) is 6.04 Å². The molecule has 0 spiro atoms. The maximum atomic E-state index is 11.8. The Kier molecular flexibility index (Phi) is 3.57. The molecule has 1 amide bonds. The van der Waals surface area contributed by atoms with Crippen molar-refractivity contribution < 1.29 is 4.79 Å². The lowest BCUT2D eigenvalue weighted by Crippen LogP contribution is -2.47. The predicted molar refractivity (Wildman–Crippen MR) is 71.0 cm³/mol. The van der Waals surface area contributed by atoms with Crippen LogP contribution in [0.25, 0.3) is 0 Å². The molecule has 4 heteroatoms. The van der Waals surface area contributed by atoms with Crippen LogP contribution in [0.15, 0.2) is 0 Å². The number of amides is 1. The van der Waals surface area contributed by atoms with E-state index in [0.29, 0.717) is 11.8 Å².